The van der Waals surface area contributed by atoms with Gasteiger partial charge in [0, 0.05) is 6.08 Å². The van der Waals surface area contributed by atoms with Gasteiger partial charge in [-0.15, -0.1) is 0 Å². The lowest BCUT2D eigenvalue weighted by Gasteiger charge is -1.90. The van der Waals surface area contributed by atoms with E-state index in [-0.39, 0.29) is 23.1 Å². The van der Waals surface area contributed by atoms with E-state index in [1.807, 2.05) is 0 Å². The number of nitrogens with one attached hydrogen (secondary N) is 1. The van der Waals surface area contributed by atoms with Crippen LogP contribution in [0.25, 0.3) is 0 Å². The van der Waals surface area contributed by atoms with Crippen LogP contribution in [0.2, 0.25) is 0 Å². The first kappa shape index (κ1) is 21.9. The first-order chi connectivity index (χ1) is 8.35. The number of ether oxygens (including phenoxy) is 1. The minimum Gasteiger partial charge on any atom is -0.463 e. The van der Waals surface area contributed by atoms with Crippen LogP contribution in [0.4, 0.5) is 0 Å². The summed E-state index contributed by atoms with van der Waals surface area (Å²) in [6.45, 7) is 11.3. The van der Waals surface area contributed by atoms with Gasteiger partial charge in [-0.2, -0.15) is 0 Å². The molecule has 0 saturated carbocycles. The van der Waals surface area contributed by atoms with Crippen molar-refractivity contribution in [3.05, 3.63) is 36.4 Å². The molecule has 0 spiro atoms. The van der Waals surface area contributed by atoms with Gasteiger partial charge in [0.1, 0.15) is 6.73 Å². The number of hydrogen-bond donors (Lipinski definition) is 2. The maximum atomic E-state index is 10.1. The predicted molar refractivity (Wildman–Crippen MR) is 73.1 cm³/mol. The number of hydrogen-bond acceptors (Lipinski definition) is 4. The van der Waals surface area contributed by atoms with Crippen molar-refractivity contribution in [3.8, 4) is 0 Å². The number of aliphatic hydroxyl groups is 1. The van der Waals surface area contributed by atoms with Crippen LogP contribution in [0.5, 0.6) is 0 Å². The van der Waals surface area contributed by atoms with E-state index in [4.69, 9.17) is 28.3 Å². The number of halogens is 2. The number of rotatable bonds is 4. The lowest BCUT2D eigenvalue weighted by Crippen LogP contribution is -2.20. The van der Waals surface area contributed by atoms with Gasteiger partial charge in [-0.25, -0.2) is 4.79 Å². The Kier molecular flexibility index (Phi) is 22.0. The predicted octanol–water partition coefficient (Wildman–Crippen LogP) is 1.91. The van der Waals surface area contributed by atoms with E-state index >= 15 is 0 Å². The summed E-state index contributed by atoms with van der Waals surface area (Å²) in [6.07, 6.45) is 2.24. The molecule has 0 rings (SSSR count). The van der Waals surface area contributed by atoms with Gasteiger partial charge in [0.15, 0.2) is 0 Å². The number of carbonyl (C=O) groups excluding carboxylic acids is 2. The molecule has 0 saturated heterocycles. The topological polar surface area (TPSA) is 75.6 Å². The van der Waals surface area contributed by atoms with E-state index in [9.17, 15) is 9.59 Å². The van der Waals surface area contributed by atoms with Gasteiger partial charge < -0.3 is 15.2 Å². The third-order valence-electron chi connectivity index (χ3n) is 0.892. The van der Waals surface area contributed by atoms with Crippen molar-refractivity contribution in [3.63, 3.8) is 0 Å². The minimum atomic E-state index is -0.359. The molecule has 0 radical (unpaired) electrons. The van der Waals surface area contributed by atoms with Gasteiger partial charge in [-0.1, -0.05) is 42.9 Å². The summed E-state index contributed by atoms with van der Waals surface area (Å²) in [4.78, 5) is 20.1. The molecule has 0 aromatic rings. The molecule has 0 atom stereocenters. The van der Waals surface area contributed by atoms with Crippen molar-refractivity contribution in [2.45, 2.75) is 6.92 Å². The Morgan fingerprint density at radius 1 is 1.33 bits per heavy atom. The zero-order chi connectivity index (χ0) is 15.0. The standard InChI is InChI=1S/C5H8O2.C4H7NO2.C2H2Cl2/c1-3-5(6)7-4-2;1-2-4(7)5-3-6;1-2(3)4/h3H,1,4H2,2H3;2,6H,1,3H2,(H,5,7);1H2. The molecule has 0 aliphatic carbocycles. The molecular weight excluding hydrogens is 281 g/mol. The van der Waals surface area contributed by atoms with Crippen LogP contribution >= 0.6 is 23.2 Å². The maximum absolute atomic E-state index is 10.1. The highest BCUT2D eigenvalue weighted by atomic mass is 35.5. The van der Waals surface area contributed by atoms with E-state index in [1.165, 1.54) is 0 Å². The first-order valence-corrected chi connectivity index (χ1v) is 5.41. The third-order valence-corrected chi connectivity index (χ3v) is 0.892. The second kappa shape index (κ2) is 18.1. The molecule has 18 heavy (non-hydrogen) atoms. The number of aliphatic hydroxyl groups excluding tert-OH is 1. The van der Waals surface area contributed by atoms with Gasteiger partial charge in [0.25, 0.3) is 0 Å². The Bertz CT molecular complexity index is 254. The summed E-state index contributed by atoms with van der Waals surface area (Å²) >= 11 is 9.69. The molecule has 7 heteroatoms. The van der Waals surface area contributed by atoms with Gasteiger partial charge in [0.05, 0.1) is 11.1 Å². The van der Waals surface area contributed by atoms with E-state index in [0.29, 0.717) is 6.61 Å². The van der Waals surface area contributed by atoms with E-state index < -0.39 is 0 Å². The van der Waals surface area contributed by atoms with Crippen molar-refractivity contribution in [1.82, 2.24) is 5.32 Å². The lowest BCUT2D eigenvalue weighted by molar-refractivity contribution is -0.137. The first-order valence-electron chi connectivity index (χ1n) is 4.65. The average Bonchev–Trinajstić information content (AvgIpc) is 2.29. The van der Waals surface area contributed by atoms with Crippen LogP contribution in [0.15, 0.2) is 36.4 Å². The van der Waals surface area contributed by atoms with Gasteiger partial charge in [-0.3, -0.25) is 4.79 Å². The van der Waals surface area contributed by atoms with Gasteiger partial charge in [0.2, 0.25) is 5.91 Å². The molecule has 2 N–H and O–H groups in total. The zero-order valence-electron chi connectivity index (χ0n) is 10.1. The third kappa shape index (κ3) is 36.5. The fourth-order valence-electron chi connectivity index (χ4n) is 0.351. The number of esters is 1. The Labute approximate surface area is 117 Å². The highest BCUT2D eigenvalue weighted by Gasteiger charge is 1.86. The molecule has 0 unspecified atom stereocenters. The fourth-order valence-corrected chi connectivity index (χ4v) is 0.351. The summed E-state index contributed by atoms with van der Waals surface area (Å²) in [5.74, 6) is -0.718. The summed E-state index contributed by atoms with van der Waals surface area (Å²) in [6, 6.07) is 0. The molecule has 1 amide bonds. The van der Waals surface area contributed by atoms with E-state index in [0.717, 1.165) is 12.2 Å². The molecule has 0 aromatic heterocycles. The molecule has 0 aliphatic rings. The fraction of sp³-hybridized carbons (Fsp3) is 0.273. The van der Waals surface area contributed by atoms with Crippen molar-refractivity contribution in [2.75, 3.05) is 13.3 Å². The normalized spacial score (nSPS) is 7.33. The second-order valence-electron chi connectivity index (χ2n) is 2.20. The largest absolute Gasteiger partial charge is 0.463 e. The van der Waals surface area contributed by atoms with Gasteiger partial charge >= 0.3 is 5.97 Å². The van der Waals surface area contributed by atoms with Crippen LogP contribution in [0.3, 0.4) is 0 Å². The molecule has 0 heterocycles. The summed E-state index contributed by atoms with van der Waals surface area (Å²) in [5, 5.41) is 10.1. The van der Waals surface area contributed by atoms with E-state index in [1.54, 1.807) is 6.92 Å². The summed E-state index contributed by atoms with van der Waals surface area (Å²) in [5.41, 5.74) is 0. The Balaban J connectivity index is -0.000000196. The van der Waals surface area contributed by atoms with E-state index in [2.05, 4.69) is 29.8 Å². The van der Waals surface area contributed by atoms with Crippen LogP contribution < -0.4 is 5.32 Å². The van der Waals surface area contributed by atoms with Crippen LogP contribution in [0.1, 0.15) is 6.92 Å². The Morgan fingerprint density at radius 3 is 1.89 bits per heavy atom. The van der Waals surface area contributed by atoms with Crippen LogP contribution in [-0.2, 0) is 14.3 Å². The smallest absolute Gasteiger partial charge is 0.330 e. The maximum Gasteiger partial charge on any atom is 0.330 e. The minimum absolute atomic E-state index is 0.111. The molecule has 5 nitrogen and oxygen atoms in total. The number of amides is 1. The van der Waals surface area contributed by atoms with Crippen LogP contribution in [0, 0.1) is 0 Å². The highest BCUT2D eigenvalue weighted by Crippen LogP contribution is 1.98. The molecule has 0 aromatic carbocycles. The Morgan fingerprint density at radius 2 is 1.78 bits per heavy atom. The summed E-state index contributed by atoms with van der Waals surface area (Å²) in [7, 11) is 0. The van der Waals surface area contributed by atoms with Crippen molar-refractivity contribution in [1.29, 1.82) is 0 Å². The monoisotopic (exact) mass is 297 g/mol. The molecule has 0 fully saturated rings. The van der Waals surface area contributed by atoms with Crippen LogP contribution in [-0.4, -0.2) is 30.3 Å². The molecule has 104 valence electrons. The van der Waals surface area contributed by atoms with Crippen molar-refractivity contribution < 1.29 is 19.4 Å². The average molecular weight is 298 g/mol. The molecule has 0 aliphatic heterocycles. The van der Waals surface area contributed by atoms with Gasteiger partial charge in [-0.05, 0) is 13.0 Å². The highest BCUT2D eigenvalue weighted by molar-refractivity contribution is 6.55. The molecule has 0 bridgehead atoms. The second-order valence-corrected chi connectivity index (χ2v) is 3.30. The SMILES string of the molecule is C=C(Cl)Cl.C=CC(=O)NCO.C=CC(=O)OCC. The lowest BCUT2D eigenvalue weighted by atomic mass is 10.6. The summed E-state index contributed by atoms with van der Waals surface area (Å²) < 4.78 is 4.55. The quantitative estimate of drug-likeness (QED) is 0.472. The zero-order valence-corrected chi connectivity index (χ0v) is 11.6. The van der Waals surface area contributed by atoms with Crippen molar-refractivity contribution >= 4 is 35.1 Å². The Hall–Kier alpha value is -1.30. The van der Waals surface area contributed by atoms with Crippen molar-refractivity contribution in [2.24, 2.45) is 0 Å². The molecular formula is C11H17Cl2NO4. The number of carbonyl (C=O) groups is 2.